The number of nitrogens with two attached hydrogens (primary N) is 1. The van der Waals surface area contributed by atoms with E-state index in [0.29, 0.717) is 0 Å². The summed E-state index contributed by atoms with van der Waals surface area (Å²) in [5.41, 5.74) is 7.55. The third kappa shape index (κ3) is 1.48. The molecule has 0 spiro atoms. The summed E-state index contributed by atoms with van der Waals surface area (Å²) in [7, 11) is 2.03. The summed E-state index contributed by atoms with van der Waals surface area (Å²) in [5.74, 6) is 0. The van der Waals surface area contributed by atoms with E-state index in [1.165, 1.54) is 5.46 Å². The first-order valence-corrected chi connectivity index (χ1v) is 3.51. The van der Waals surface area contributed by atoms with E-state index < -0.39 is 0 Å². The van der Waals surface area contributed by atoms with Crippen molar-refractivity contribution in [3.63, 3.8) is 0 Å². The van der Waals surface area contributed by atoms with Gasteiger partial charge in [-0.05, 0) is 22.0 Å². The third-order valence-electron chi connectivity index (χ3n) is 1.16. The van der Waals surface area contributed by atoms with Gasteiger partial charge in [-0.2, -0.15) is 0 Å². The second kappa shape index (κ2) is 2.44. The Hall–Kier alpha value is -0.435. The van der Waals surface area contributed by atoms with Gasteiger partial charge in [0.2, 0.25) is 0 Å². The molecule has 1 aromatic carbocycles. The van der Waals surface area contributed by atoms with E-state index in [1.807, 2.05) is 26.0 Å². The van der Waals surface area contributed by atoms with E-state index >= 15 is 0 Å². The molecule has 46 valence electrons. The number of rotatable bonds is 0. The second-order valence-corrected chi connectivity index (χ2v) is 2.88. The van der Waals surface area contributed by atoms with Crippen molar-refractivity contribution in [3.05, 3.63) is 22.7 Å². The summed E-state index contributed by atoms with van der Waals surface area (Å²) in [6, 6.07) is 5.87. The van der Waals surface area contributed by atoms with E-state index in [0.717, 1.165) is 10.2 Å². The van der Waals surface area contributed by atoms with Crippen molar-refractivity contribution in [2.24, 2.45) is 0 Å². The van der Waals surface area contributed by atoms with Gasteiger partial charge in [0.1, 0.15) is 7.85 Å². The van der Waals surface area contributed by atoms with Crippen molar-refractivity contribution >= 4 is 34.9 Å². The normalized spacial score (nSPS) is 9.44. The van der Waals surface area contributed by atoms with Gasteiger partial charge in [-0.15, -0.1) is 0 Å². The van der Waals surface area contributed by atoms with Crippen LogP contribution in [0.1, 0.15) is 0 Å². The number of anilines is 1. The van der Waals surface area contributed by atoms with Crippen LogP contribution in [-0.2, 0) is 0 Å². The Kier molecular flexibility index (Phi) is 1.81. The van der Waals surface area contributed by atoms with E-state index in [9.17, 15) is 0 Å². The maximum absolute atomic E-state index is 5.54. The predicted molar refractivity (Wildman–Crippen MR) is 46.7 cm³/mol. The summed E-state index contributed by atoms with van der Waals surface area (Å²) in [6.45, 7) is 0. The molecule has 1 rings (SSSR count). The molecule has 0 amide bonds. The van der Waals surface area contributed by atoms with Gasteiger partial charge in [0, 0.05) is 10.2 Å². The molecule has 0 heterocycles. The minimum atomic E-state index is 0.792. The standard InChI is InChI=1S/C6H7BBrN/c7-4-1-2-6(9)5(8)3-4/h1-3H,7,9H2. The van der Waals surface area contributed by atoms with Crippen molar-refractivity contribution < 1.29 is 0 Å². The Morgan fingerprint density at radius 1 is 1.44 bits per heavy atom. The van der Waals surface area contributed by atoms with Crippen molar-refractivity contribution in [1.82, 2.24) is 0 Å². The highest BCUT2D eigenvalue weighted by molar-refractivity contribution is 9.10. The lowest BCUT2D eigenvalue weighted by molar-refractivity contribution is 1.67. The van der Waals surface area contributed by atoms with E-state index in [-0.39, 0.29) is 0 Å². The molecule has 0 aliphatic rings. The summed E-state index contributed by atoms with van der Waals surface area (Å²) in [5, 5.41) is 0. The SMILES string of the molecule is Bc1ccc(N)c(Br)c1. The first kappa shape index (κ1) is 6.68. The van der Waals surface area contributed by atoms with Crippen LogP contribution < -0.4 is 11.2 Å². The van der Waals surface area contributed by atoms with Crippen LogP contribution in [0.25, 0.3) is 0 Å². The molecule has 1 nitrogen and oxygen atoms in total. The van der Waals surface area contributed by atoms with Gasteiger partial charge in [-0.1, -0.05) is 17.6 Å². The summed E-state index contributed by atoms with van der Waals surface area (Å²) in [6.07, 6.45) is 0. The van der Waals surface area contributed by atoms with Crippen LogP contribution in [0.2, 0.25) is 0 Å². The largest absolute Gasteiger partial charge is 0.398 e. The predicted octanol–water partition coefficient (Wildman–Crippen LogP) is 0.290. The highest BCUT2D eigenvalue weighted by Crippen LogP contribution is 2.15. The number of hydrogen-bond donors (Lipinski definition) is 1. The summed E-state index contributed by atoms with van der Waals surface area (Å²) >= 11 is 3.32. The number of hydrogen-bond acceptors (Lipinski definition) is 1. The van der Waals surface area contributed by atoms with E-state index in [1.54, 1.807) is 0 Å². The molecule has 0 unspecified atom stereocenters. The average molecular weight is 184 g/mol. The number of halogens is 1. The first-order chi connectivity index (χ1) is 4.20. The molecule has 9 heavy (non-hydrogen) atoms. The number of benzene rings is 1. The molecule has 0 fully saturated rings. The van der Waals surface area contributed by atoms with Crippen LogP contribution in [0, 0.1) is 0 Å². The smallest absolute Gasteiger partial charge is 0.139 e. The van der Waals surface area contributed by atoms with Gasteiger partial charge in [-0.3, -0.25) is 0 Å². The number of nitrogen functional groups attached to an aromatic ring is 1. The lowest BCUT2D eigenvalue weighted by Gasteiger charge is -1.96. The Bertz CT molecular complexity index is 224. The molecule has 0 atom stereocenters. The van der Waals surface area contributed by atoms with Crippen LogP contribution in [0.4, 0.5) is 5.69 Å². The Balaban J connectivity index is 3.17. The van der Waals surface area contributed by atoms with Crippen molar-refractivity contribution in [3.8, 4) is 0 Å². The first-order valence-electron chi connectivity index (χ1n) is 2.72. The van der Waals surface area contributed by atoms with Crippen LogP contribution in [0.3, 0.4) is 0 Å². The fraction of sp³-hybridized carbons (Fsp3) is 0. The molecule has 1 aromatic rings. The second-order valence-electron chi connectivity index (χ2n) is 2.02. The lowest BCUT2D eigenvalue weighted by Crippen LogP contribution is -2.01. The zero-order chi connectivity index (χ0) is 6.85. The molecule has 0 saturated carbocycles. The summed E-state index contributed by atoms with van der Waals surface area (Å²) < 4.78 is 0.975. The highest BCUT2D eigenvalue weighted by atomic mass is 79.9. The Morgan fingerprint density at radius 3 is 2.56 bits per heavy atom. The average Bonchev–Trinajstić information content (AvgIpc) is 1.80. The van der Waals surface area contributed by atoms with Crippen LogP contribution in [-0.4, -0.2) is 7.85 Å². The van der Waals surface area contributed by atoms with Gasteiger partial charge >= 0.3 is 0 Å². The van der Waals surface area contributed by atoms with Crippen molar-refractivity contribution in [1.29, 1.82) is 0 Å². The Morgan fingerprint density at radius 2 is 2.11 bits per heavy atom. The molecule has 0 radical (unpaired) electrons. The van der Waals surface area contributed by atoms with Gasteiger partial charge in [0.15, 0.2) is 0 Å². The zero-order valence-corrected chi connectivity index (χ0v) is 6.77. The van der Waals surface area contributed by atoms with Crippen LogP contribution in [0.5, 0.6) is 0 Å². The maximum Gasteiger partial charge on any atom is 0.139 e. The molecular formula is C6H7BBrN. The van der Waals surface area contributed by atoms with Gasteiger partial charge in [-0.25, -0.2) is 0 Å². The molecule has 3 heteroatoms. The van der Waals surface area contributed by atoms with E-state index in [4.69, 9.17) is 5.73 Å². The minimum Gasteiger partial charge on any atom is -0.398 e. The molecule has 0 aliphatic carbocycles. The van der Waals surface area contributed by atoms with Gasteiger partial charge in [0.25, 0.3) is 0 Å². The fourth-order valence-electron chi connectivity index (χ4n) is 0.632. The summed E-state index contributed by atoms with van der Waals surface area (Å²) in [4.78, 5) is 0. The minimum absolute atomic E-state index is 0.792. The van der Waals surface area contributed by atoms with Gasteiger partial charge in [0.05, 0.1) is 0 Å². The zero-order valence-electron chi connectivity index (χ0n) is 5.19. The monoisotopic (exact) mass is 183 g/mol. The van der Waals surface area contributed by atoms with E-state index in [2.05, 4.69) is 15.9 Å². The molecular weight excluding hydrogens is 177 g/mol. The maximum atomic E-state index is 5.54. The van der Waals surface area contributed by atoms with Crippen molar-refractivity contribution in [2.75, 3.05) is 5.73 Å². The van der Waals surface area contributed by atoms with Gasteiger partial charge < -0.3 is 5.73 Å². The Labute approximate surface area is 63.8 Å². The highest BCUT2D eigenvalue weighted by Gasteiger charge is 1.91. The molecule has 2 N–H and O–H groups in total. The fourth-order valence-corrected chi connectivity index (χ4v) is 1.13. The van der Waals surface area contributed by atoms with Crippen LogP contribution >= 0.6 is 15.9 Å². The van der Waals surface area contributed by atoms with Crippen LogP contribution in [0.15, 0.2) is 22.7 Å². The quantitative estimate of drug-likeness (QED) is 0.455. The molecule has 0 aromatic heterocycles. The van der Waals surface area contributed by atoms with Crippen molar-refractivity contribution in [2.45, 2.75) is 0 Å². The topological polar surface area (TPSA) is 26.0 Å². The lowest BCUT2D eigenvalue weighted by atomic mass is 9.96. The third-order valence-corrected chi connectivity index (χ3v) is 1.84. The molecule has 0 saturated heterocycles. The molecule has 0 aliphatic heterocycles. The molecule has 0 bridgehead atoms.